The number of hydrogen-bond donors (Lipinski definition) is 1. The van der Waals surface area contributed by atoms with Crippen LogP contribution in [0.3, 0.4) is 0 Å². The second-order valence-corrected chi connectivity index (χ2v) is 8.95. The van der Waals surface area contributed by atoms with Gasteiger partial charge in [0.25, 0.3) is 0 Å². The zero-order valence-electron chi connectivity index (χ0n) is 17.9. The Balaban J connectivity index is 1.27. The van der Waals surface area contributed by atoms with E-state index >= 15 is 0 Å². The molecule has 0 spiro atoms. The van der Waals surface area contributed by atoms with Gasteiger partial charge in [-0.15, -0.1) is 0 Å². The van der Waals surface area contributed by atoms with Gasteiger partial charge in [-0.05, 0) is 68.3 Å². The van der Waals surface area contributed by atoms with E-state index in [-0.39, 0.29) is 6.61 Å². The molecule has 29 heavy (non-hydrogen) atoms. The lowest BCUT2D eigenvalue weighted by Gasteiger charge is -2.38. The standard InChI is InChI=1S/C23H36N2O4/c1-27-22-11-17(12-24-9-3-4-10-24)5-8-21(22)29-16-20(26)15-25-13-18-6-7-19(14-25)23(18)28-2/h5,8,11,18-20,23,26H,3-4,6-7,9-10,12-16H2,1-2H3/t18-,19+,20?,23?. The van der Waals surface area contributed by atoms with Crippen LogP contribution in [-0.4, -0.2) is 80.7 Å². The first-order valence-electron chi connectivity index (χ1n) is 11.1. The Kier molecular flexibility index (Phi) is 6.96. The second-order valence-electron chi connectivity index (χ2n) is 8.95. The van der Waals surface area contributed by atoms with Gasteiger partial charge < -0.3 is 19.3 Å². The molecule has 6 heteroatoms. The number of rotatable bonds is 9. The topological polar surface area (TPSA) is 54.4 Å². The van der Waals surface area contributed by atoms with Crippen LogP contribution in [0.2, 0.25) is 0 Å². The lowest BCUT2D eigenvalue weighted by Crippen LogP contribution is -2.48. The predicted octanol–water partition coefficient (Wildman–Crippen LogP) is 2.39. The number of ether oxygens (including phenoxy) is 3. The molecule has 0 amide bonds. The normalized spacial score (nSPS) is 28.6. The molecule has 2 saturated heterocycles. The van der Waals surface area contributed by atoms with Crippen LogP contribution in [0, 0.1) is 11.8 Å². The number of nitrogens with zero attached hydrogens (tertiary/aromatic N) is 2. The first-order chi connectivity index (χ1) is 14.2. The van der Waals surface area contributed by atoms with Gasteiger partial charge in [-0.1, -0.05) is 6.07 Å². The second kappa shape index (κ2) is 9.65. The number of piperidine rings is 1. The summed E-state index contributed by atoms with van der Waals surface area (Å²) < 4.78 is 17.2. The molecule has 1 N–H and O–H groups in total. The Hall–Kier alpha value is -1.34. The van der Waals surface area contributed by atoms with Crippen molar-refractivity contribution in [3.8, 4) is 11.5 Å². The smallest absolute Gasteiger partial charge is 0.161 e. The summed E-state index contributed by atoms with van der Waals surface area (Å²) >= 11 is 0. The molecule has 2 unspecified atom stereocenters. The Morgan fingerprint density at radius 3 is 2.41 bits per heavy atom. The molecule has 4 rings (SSSR count). The number of β-amino-alcohol motifs (C(OH)–C–C–N with tert-alkyl or cyclic N) is 1. The van der Waals surface area contributed by atoms with E-state index in [1.54, 1.807) is 7.11 Å². The van der Waals surface area contributed by atoms with Crippen molar-refractivity contribution >= 4 is 0 Å². The van der Waals surface area contributed by atoms with Gasteiger partial charge in [-0.3, -0.25) is 9.80 Å². The molecule has 0 radical (unpaired) electrons. The van der Waals surface area contributed by atoms with Crippen molar-refractivity contribution in [2.45, 2.75) is 44.4 Å². The highest BCUT2D eigenvalue weighted by atomic mass is 16.5. The van der Waals surface area contributed by atoms with Gasteiger partial charge in [0.2, 0.25) is 0 Å². The van der Waals surface area contributed by atoms with Gasteiger partial charge in [-0.25, -0.2) is 0 Å². The zero-order valence-corrected chi connectivity index (χ0v) is 17.9. The van der Waals surface area contributed by atoms with Crippen LogP contribution in [0.25, 0.3) is 0 Å². The SMILES string of the molecule is COc1cc(CN2CCCC2)ccc1OCC(O)CN1C[C@H]2CC[C@@H](C1)C2OC. The molecule has 1 aliphatic carbocycles. The minimum absolute atomic E-state index is 0.279. The van der Waals surface area contributed by atoms with Gasteiger partial charge in [0.15, 0.2) is 11.5 Å². The number of fused-ring (bicyclic) bond motifs is 2. The Morgan fingerprint density at radius 1 is 1.03 bits per heavy atom. The number of aliphatic hydroxyl groups excluding tert-OH is 1. The molecule has 6 nitrogen and oxygen atoms in total. The highest BCUT2D eigenvalue weighted by Crippen LogP contribution is 2.38. The minimum Gasteiger partial charge on any atom is -0.493 e. The molecule has 2 heterocycles. The van der Waals surface area contributed by atoms with Gasteiger partial charge in [0.05, 0.1) is 13.2 Å². The molecule has 2 aliphatic heterocycles. The molecule has 1 aromatic carbocycles. The fraction of sp³-hybridized carbons (Fsp3) is 0.739. The van der Waals surface area contributed by atoms with E-state index in [2.05, 4.69) is 21.9 Å². The van der Waals surface area contributed by atoms with Crippen LogP contribution in [0.5, 0.6) is 11.5 Å². The number of methoxy groups -OCH3 is 2. The van der Waals surface area contributed by atoms with Crippen molar-refractivity contribution in [2.24, 2.45) is 11.8 Å². The first kappa shape index (κ1) is 20.9. The summed E-state index contributed by atoms with van der Waals surface area (Å²) in [5.74, 6) is 2.66. The summed E-state index contributed by atoms with van der Waals surface area (Å²) in [7, 11) is 3.51. The lowest BCUT2D eigenvalue weighted by molar-refractivity contribution is -0.0303. The van der Waals surface area contributed by atoms with E-state index in [1.807, 2.05) is 13.2 Å². The van der Waals surface area contributed by atoms with Crippen molar-refractivity contribution in [1.29, 1.82) is 0 Å². The average Bonchev–Trinajstić information content (AvgIpc) is 3.32. The number of benzene rings is 1. The van der Waals surface area contributed by atoms with Crippen LogP contribution in [0.15, 0.2) is 18.2 Å². The van der Waals surface area contributed by atoms with Gasteiger partial charge in [-0.2, -0.15) is 0 Å². The van der Waals surface area contributed by atoms with E-state index in [4.69, 9.17) is 14.2 Å². The maximum absolute atomic E-state index is 10.5. The third kappa shape index (κ3) is 5.05. The van der Waals surface area contributed by atoms with Crippen molar-refractivity contribution in [2.75, 3.05) is 53.6 Å². The summed E-state index contributed by atoms with van der Waals surface area (Å²) in [6.45, 7) is 6.27. The highest BCUT2D eigenvalue weighted by molar-refractivity contribution is 5.43. The van der Waals surface area contributed by atoms with E-state index in [0.29, 0.717) is 30.2 Å². The molecule has 1 saturated carbocycles. The molecular formula is C23H36N2O4. The Labute approximate surface area is 174 Å². The van der Waals surface area contributed by atoms with Gasteiger partial charge in [0, 0.05) is 33.3 Å². The van der Waals surface area contributed by atoms with E-state index < -0.39 is 6.10 Å². The number of hydrogen-bond acceptors (Lipinski definition) is 6. The summed E-state index contributed by atoms with van der Waals surface area (Å²) in [5, 5.41) is 10.5. The average molecular weight is 405 g/mol. The van der Waals surface area contributed by atoms with Gasteiger partial charge in [0.1, 0.15) is 12.7 Å². The summed E-state index contributed by atoms with van der Waals surface area (Å²) in [6.07, 6.45) is 4.97. The van der Waals surface area contributed by atoms with Gasteiger partial charge >= 0.3 is 0 Å². The summed E-state index contributed by atoms with van der Waals surface area (Å²) in [6, 6.07) is 6.14. The Morgan fingerprint density at radius 2 is 1.76 bits per heavy atom. The molecule has 3 fully saturated rings. The lowest BCUT2D eigenvalue weighted by atomic mass is 9.94. The highest BCUT2D eigenvalue weighted by Gasteiger charge is 2.42. The molecule has 162 valence electrons. The molecular weight excluding hydrogens is 368 g/mol. The quantitative estimate of drug-likeness (QED) is 0.682. The fourth-order valence-electron chi connectivity index (χ4n) is 5.47. The molecule has 1 aromatic rings. The summed E-state index contributed by atoms with van der Waals surface area (Å²) in [5.41, 5.74) is 1.24. The third-order valence-electron chi connectivity index (χ3n) is 6.83. The maximum atomic E-state index is 10.5. The van der Waals surface area contributed by atoms with Crippen LogP contribution in [-0.2, 0) is 11.3 Å². The predicted molar refractivity (Wildman–Crippen MR) is 112 cm³/mol. The zero-order chi connectivity index (χ0) is 20.2. The van der Waals surface area contributed by atoms with E-state index in [9.17, 15) is 5.11 Å². The van der Waals surface area contributed by atoms with Crippen molar-refractivity contribution in [3.05, 3.63) is 23.8 Å². The van der Waals surface area contributed by atoms with Crippen LogP contribution < -0.4 is 9.47 Å². The van der Waals surface area contributed by atoms with Crippen LogP contribution in [0.1, 0.15) is 31.2 Å². The molecule has 2 bridgehead atoms. The molecule has 0 aromatic heterocycles. The number of aliphatic hydroxyl groups is 1. The summed E-state index contributed by atoms with van der Waals surface area (Å²) in [4.78, 5) is 4.85. The van der Waals surface area contributed by atoms with Crippen molar-refractivity contribution in [1.82, 2.24) is 9.80 Å². The first-order valence-corrected chi connectivity index (χ1v) is 11.1. The monoisotopic (exact) mass is 404 g/mol. The largest absolute Gasteiger partial charge is 0.493 e. The minimum atomic E-state index is -0.512. The number of likely N-dealkylation sites (tertiary alicyclic amines) is 2. The molecule has 3 aliphatic rings. The van der Waals surface area contributed by atoms with E-state index in [0.717, 1.165) is 25.4 Å². The Bertz CT molecular complexity index is 650. The van der Waals surface area contributed by atoms with Crippen LogP contribution >= 0.6 is 0 Å². The van der Waals surface area contributed by atoms with Crippen molar-refractivity contribution < 1.29 is 19.3 Å². The maximum Gasteiger partial charge on any atom is 0.161 e. The molecule has 4 atom stereocenters. The van der Waals surface area contributed by atoms with Crippen molar-refractivity contribution in [3.63, 3.8) is 0 Å². The van der Waals surface area contributed by atoms with Crippen LogP contribution in [0.4, 0.5) is 0 Å². The fourth-order valence-corrected chi connectivity index (χ4v) is 5.47. The third-order valence-corrected chi connectivity index (χ3v) is 6.83. The van der Waals surface area contributed by atoms with E-state index in [1.165, 1.54) is 44.3 Å².